The molecule has 0 radical (unpaired) electrons. The largest absolute Gasteiger partial charge is 0.449 e. The van der Waals surface area contributed by atoms with Gasteiger partial charge in [-0.3, -0.25) is 9.69 Å². The second kappa shape index (κ2) is 6.03. The first-order chi connectivity index (χ1) is 11.7. The van der Waals surface area contributed by atoms with Gasteiger partial charge in [0, 0.05) is 17.5 Å². The van der Waals surface area contributed by atoms with Crippen LogP contribution >= 0.6 is 0 Å². The van der Waals surface area contributed by atoms with Crippen molar-refractivity contribution in [1.82, 2.24) is 14.9 Å². The van der Waals surface area contributed by atoms with Crippen molar-refractivity contribution in [2.24, 2.45) is 0 Å². The number of aliphatic hydroxyl groups excluding tert-OH is 1. The Labute approximate surface area is 139 Å². The summed E-state index contributed by atoms with van der Waals surface area (Å²) >= 11 is 0. The van der Waals surface area contributed by atoms with E-state index in [1.54, 1.807) is 0 Å². The molecule has 0 aliphatic carbocycles. The lowest BCUT2D eigenvalue weighted by Crippen LogP contribution is -2.46. The zero-order valence-electron chi connectivity index (χ0n) is 13.7. The number of furan rings is 1. The molecule has 6 heteroatoms. The van der Waals surface area contributed by atoms with Crippen molar-refractivity contribution in [2.45, 2.75) is 44.8 Å². The maximum atomic E-state index is 12.4. The average Bonchev–Trinajstić information content (AvgIpc) is 2.96. The Morgan fingerprint density at radius 2 is 2.21 bits per heavy atom. The van der Waals surface area contributed by atoms with E-state index in [9.17, 15) is 9.90 Å². The fraction of sp³-hybridized carbons (Fsp3) is 0.444. The maximum Gasteiger partial charge on any atom is 0.294 e. The third kappa shape index (κ3) is 2.52. The maximum absolute atomic E-state index is 12.4. The van der Waals surface area contributed by atoms with Gasteiger partial charge in [0.25, 0.3) is 5.56 Å². The Balaban J connectivity index is 1.76. The predicted molar refractivity (Wildman–Crippen MR) is 91.9 cm³/mol. The van der Waals surface area contributed by atoms with Crippen LogP contribution < -0.4 is 5.56 Å². The number of benzene rings is 1. The number of hydrogen-bond acceptors (Lipinski definition) is 5. The monoisotopic (exact) mass is 327 g/mol. The predicted octanol–water partition coefficient (Wildman–Crippen LogP) is 2.40. The van der Waals surface area contributed by atoms with Crippen LogP contribution in [0.5, 0.6) is 0 Å². The SMILES string of the molecule is CC1CCCC(CO)N1Cc1nc2c(oc3ccccc32)c(=O)[nH]1. The van der Waals surface area contributed by atoms with Gasteiger partial charge in [-0.05, 0) is 31.9 Å². The summed E-state index contributed by atoms with van der Waals surface area (Å²) in [6, 6.07) is 8.02. The van der Waals surface area contributed by atoms with Gasteiger partial charge in [-0.25, -0.2) is 4.98 Å². The van der Waals surface area contributed by atoms with Crippen molar-refractivity contribution in [1.29, 1.82) is 0 Å². The summed E-state index contributed by atoms with van der Waals surface area (Å²) in [5.74, 6) is 0.617. The Morgan fingerprint density at radius 3 is 3.04 bits per heavy atom. The van der Waals surface area contributed by atoms with Crippen LogP contribution in [0, 0.1) is 0 Å². The van der Waals surface area contributed by atoms with Crippen molar-refractivity contribution in [3.05, 3.63) is 40.4 Å². The molecule has 0 saturated carbocycles. The topological polar surface area (TPSA) is 82.4 Å². The molecule has 1 saturated heterocycles. The van der Waals surface area contributed by atoms with Gasteiger partial charge in [0.2, 0.25) is 5.58 Å². The lowest BCUT2D eigenvalue weighted by atomic mass is 9.97. The normalized spacial score (nSPS) is 22.4. The first-order valence-corrected chi connectivity index (χ1v) is 8.44. The van der Waals surface area contributed by atoms with Gasteiger partial charge in [-0.2, -0.15) is 0 Å². The molecule has 2 N–H and O–H groups in total. The summed E-state index contributed by atoms with van der Waals surface area (Å²) in [5, 5.41) is 10.5. The molecule has 0 bridgehead atoms. The molecule has 1 aliphatic heterocycles. The van der Waals surface area contributed by atoms with Crippen molar-refractivity contribution >= 4 is 22.1 Å². The molecule has 4 rings (SSSR count). The molecule has 126 valence electrons. The number of aromatic nitrogens is 2. The molecular weight excluding hydrogens is 306 g/mol. The molecule has 2 unspecified atom stereocenters. The number of fused-ring (bicyclic) bond motifs is 3. The molecule has 2 aromatic heterocycles. The number of H-pyrrole nitrogens is 1. The first-order valence-electron chi connectivity index (χ1n) is 8.44. The first kappa shape index (κ1) is 15.4. The second-order valence-corrected chi connectivity index (χ2v) is 6.58. The summed E-state index contributed by atoms with van der Waals surface area (Å²) in [5.41, 5.74) is 1.29. The van der Waals surface area contributed by atoms with E-state index in [1.807, 2.05) is 24.3 Å². The number of para-hydroxylation sites is 1. The van der Waals surface area contributed by atoms with Gasteiger partial charge in [0.15, 0.2) is 0 Å². The zero-order valence-corrected chi connectivity index (χ0v) is 13.7. The van der Waals surface area contributed by atoms with Crippen molar-refractivity contribution in [2.75, 3.05) is 6.61 Å². The van der Waals surface area contributed by atoms with E-state index in [2.05, 4.69) is 21.8 Å². The second-order valence-electron chi connectivity index (χ2n) is 6.58. The van der Waals surface area contributed by atoms with E-state index in [0.29, 0.717) is 29.5 Å². The molecule has 1 aromatic carbocycles. The minimum Gasteiger partial charge on any atom is -0.449 e. The number of rotatable bonds is 3. The average molecular weight is 327 g/mol. The van der Waals surface area contributed by atoms with Gasteiger partial charge in [-0.15, -0.1) is 0 Å². The van der Waals surface area contributed by atoms with Crippen LogP contribution in [-0.4, -0.2) is 38.7 Å². The minimum absolute atomic E-state index is 0.121. The van der Waals surface area contributed by atoms with Crippen LogP contribution in [0.4, 0.5) is 0 Å². The molecular formula is C18H21N3O3. The van der Waals surface area contributed by atoms with Gasteiger partial charge in [0.05, 0.1) is 13.2 Å². The van der Waals surface area contributed by atoms with Gasteiger partial charge in [-0.1, -0.05) is 18.6 Å². The zero-order chi connectivity index (χ0) is 16.7. The van der Waals surface area contributed by atoms with E-state index in [1.165, 1.54) is 0 Å². The molecule has 2 atom stereocenters. The summed E-state index contributed by atoms with van der Waals surface area (Å²) in [6.07, 6.45) is 3.19. The summed E-state index contributed by atoms with van der Waals surface area (Å²) in [7, 11) is 0. The van der Waals surface area contributed by atoms with E-state index in [0.717, 1.165) is 24.6 Å². The summed E-state index contributed by atoms with van der Waals surface area (Å²) in [4.78, 5) is 22.1. The molecule has 6 nitrogen and oxygen atoms in total. The Hall–Kier alpha value is -2.18. The van der Waals surface area contributed by atoms with Crippen molar-refractivity contribution < 1.29 is 9.52 Å². The smallest absolute Gasteiger partial charge is 0.294 e. The number of aromatic amines is 1. The number of aliphatic hydroxyl groups is 1. The van der Waals surface area contributed by atoms with Gasteiger partial charge < -0.3 is 14.5 Å². The third-order valence-electron chi connectivity index (χ3n) is 5.02. The molecule has 24 heavy (non-hydrogen) atoms. The molecule has 1 aliphatic rings. The highest BCUT2D eigenvalue weighted by Crippen LogP contribution is 2.26. The highest BCUT2D eigenvalue weighted by Gasteiger charge is 2.28. The summed E-state index contributed by atoms with van der Waals surface area (Å²) in [6.45, 7) is 2.81. The van der Waals surface area contributed by atoms with Gasteiger partial charge >= 0.3 is 0 Å². The fourth-order valence-corrected chi connectivity index (χ4v) is 3.72. The molecule has 3 aromatic rings. The molecule has 1 fully saturated rings. The third-order valence-corrected chi connectivity index (χ3v) is 5.02. The lowest BCUT2D eigenvalue weighted by Gasteiger charge is -2.39. The van der Waals surface area contributed by atoms with Gasteiger partial charge in [0.1, 0.15) is 16.9 Å². The number of likely N-dealkylation sites (tertiary alicyclic amines) is 1. The number of nitrogens with one attached hydrogen (secondary N) is 1. The Bertz CT molecular complexity index is 930. The standard InChI is InChI=1S/C18H21N3O3/c1-11-5-4-6-12(10-22)21(11)9-15-19-16-13-7-2-3-8-14(13)24-17(16)18(23)20-15/h2-3,7-8,11-12,22H,4-6,9-10H2,1H3,(H,19,20,23). The van der Waals surface area contributed by atoms with E-state index >= 15 is 0 Å². The highest BCUT2D eigenvalue weighted by atomic mass is 16.3. The van der Waals surface area contributed by atoms with Crippen LogP contribution in [0.1, 0.15) is 32.0 Å². The van der Waals surface area contributed by atoms with E-state index < -0.39 is 0 Å². The van der Waals surface area contributed by atoms with Crippen molar-refractivity contribution in [3.8, 4) is 0 Å². The lowest BCUT2D eigenvalue weighted by molar-refractivity contribution is 0.0431. The highest BCUT2D eigenvalue weighted by molar-refractivity contribution is 6.01. The fourth-order valence-electron chi connectivity index (χ4n) is 3.72. The van der Waals surface area contributed by atoms with E-state index in [-0.39, 0.29) is 23.8 Å². The Morgan fingerprint density at radius 1 is 1.38 bits per heavy atom. The van der Waals surface area contributed by atoms with Crippen LogP contribution in [0.25, 0.3) is 22.1 Å². The van der Waals surface area contributed by atoms with Crippen molar-refractivity contribution in [3.63, 3.8) is 0 Å². The number of nitrogens with zero attached hydrogens (tertiary/aromatic N) is 2. The van der Waals surface area contributed by atoms with Crippen LogP contribution in [0.3, 0.4) is 0 Å². The molecule has 0 spiro atoms. The quantitative estimate of drug-likeness (QED) is 0.772. The van der Waals surface area contributed by atoms with Crippen LogP contribution in [-0.2, 0) is 6.54 Å². The summed E-state index contributed by atoms with van der Waals surface area (Å²) < 4.78 is 5.63. The van der Waals surface area contributed by atoms with E-state index in [4.69, 9.17) is 4.42 Å². The van der Waals surface area contributed by atoms with Crippen LogP contribution in [0.15, 0.2) is 33.5 Å². The molecule has 0 amide bonds. The number of hydrogen-bond donors (Lipinski definition) is 2. The minimum atomic E-state index is -0.253. The molecule has 3 heterocycles. The Kier molecular flexibility index (Phi) is 3.86. The number of piperidine rings is 1. The van der Waals surface area contributed by atoms with Crippen LogP contribution in [0.2, 0.25) is 0 Å².